The van der Waals surface area contributed by atoms with Crippen LogP contribution in [0.2, 0.25) is 0 Å². The molecule has 2 atom stereocenters. The third kappa shape index (κ3) is 2.87. The molecule has 19 heavy (non-hydrogen) atoms. The number of rotatable bonds is 2. The molecule has 0 aliphatic carbocycles. The van der Waals surface area contributed by atoms with Gasteiger partial charge in [0, 0.05) is 24.5 Å². The van der Waals surface area contributed by atoms with Crippen molar-refractivity contribution in [1.82, 2.24) is 4.90 Å². The number of hydrogen-bond donors (Lipinski definition) is 0. The van der Waals surface area contributed by atoms with E-state index in [2.05, 4.69) is 0 Å². The summed E-state index contributed by atoms with van der Waals surface area (Å²) < 4.78 is 0. The van der Waals surface area contributed by atoms with Crippen LogP contribution in [-0.2, 0) is 0 Å². The monoisotopic (exact) mass is 282 g/mol. The number of benzene rings is 1. The summed E-state index contributed by atoms with van der Waals surface area (Å²) >= 11 is 6.12. The predicted molar refractivity (Wildman–Crippen MR) is 72.4 cm³/mol. The van der Waals surface area contributed by atoms with E-state index in [4.69, 9.17) is 11.6 Å². The SMILES string of the molecule is CC1CN(C(=O)c2ccccc2[N+](=O)[O-])CCC1Cl. The van der Waals surface area contributed by atoms with E-state index < -0.39 is 4.92 Å². The maximum atomic E-state index is 12.4. The van der Waals surface area contributed by atoms with Crippen molar-refractivity contribution in [2.75, 3.05) is 13.1 Å². The molecule has 6 heteroatoms. The van der Waals surface area contributed by atoms with Crippen molar-refractivity contribution in [3.63, 3.8) is 0 Å². The highest BCUT2D eigenvalue weighted by Gasteiger charge is 2.30. The third-order valence-corrected chi connectivity index (χ3v) is 4.07. The van der Waals surface area contributed by atoms with Gasteiger partial charge in [-0.2, -0.15) is 0 Å². The molecular weight excluding hydrogens is 268 g/mol. The lowest BCUT2D eigenvalue weighted by molar-refractivity contribution is -0.385. The van der Waals surface area contributed by atoms with E-state index in [-0.39, 0.29) is 28.5 Å². The molecule has 1 saturated heterocycles. The summed E-state index contributed by atoms with van der Waals surface area (Å²) in [5.41, 5.74) is 0.000808. The molecule has 1 aliphatic heterocycles. The minimum absolute atomic E-state index is 0.0646. The van der Waals surface area contributed by atoms with Crippen LogP contribution in [0.4, 0.5) is 5.69 Å². The summed E-state index contributed by atoms with van der Waals surface area (Å²) in [6.07, 6.45) is 0.717. The largest absolute Gasteiger partial charge is 0.338 e. The number of carbonyl (C=O) groups is 1. The van der Waals surface area contributed by atoms with Crippen LogP contribution in [-0.4, -0.2) is 34.2 Å². The zero-order valence-corrected chi connectivity index (χ0v) is 11.3. The smallest absolute Gasteiger partial charge is 0.282 e. The molecule has 1 fully saturated rings. The van der Waals surface area contributed by atoms with E-state index in [1.54, 1.807) is 17.0 Å². The highest BCUT2D eigenvalue weighted by Crippen LogP contribution is 2.25. The van der Waals surface area contributed by atoms with Crippen LogP contribution in [0.1, 0.15) is 23.7 Å². The van der Waals surface area contributed by atoms with Gasteiger partial charge in [-0.25, -0.2) is 0 Å². The molecular formula is C13H15ClN2O3. The first-order valence-electron chi connectivity index (χ1n) is 6.17. The first kappa shape index (κ1) is 13.8. The number of para-hydroxylation sites is 1. The van der Waals surface area contributed by atoms with Crippen LogP contribution in [0.5, 0.6) is 0 Å². The van der Waals surface area contributed by atoms with Crippen LogP contribution in [0.25, 0.3) is 0 Å². The molecule has 5 nitrogen and oxygen atoms in total. The Hall–Kier alpha value is -1.62. The summed E-state index contributed by atoms with van der Waals surface area (Å²) in [5.74, 6) is -0.0927. The fraction of sp³-hybridized carbons (Fsp3) is 0.462. The number of carbonyl (C=O) groups excluding carboxylic acids is 1. The Kier molecular flexibility index (Phi) is 4.04. The maximum absolute atomic E-state index is 12.4. The number of nitro benzene ring substituents is 1. The topological polar surface area (TPSA) is 63.5 Å². The fourth-order valence-electron chi connectivity index (χ4n) is 2.29. The first-order chi connectivity index (χ1) is 9.00. The minimum Gasteiger partial charge on any atom is -0.338 e. The molecule has 0 radical (unpaired) electrons. The van der Waals surface area contributed by atoms with Gasteiger partial charge in [0.2, 0.25) is 0 Å². The number of alkyl halides is 1. The molecule has 0 N–H and O–H groups in total. The molecule has 2 rings (SSSR count). The summed E-state index contributed by atoms with van der Waals surface area (Å²) in [6, 6.07) is 6.05. The lowest BCUT2D eigenvalue weighted by Gasteiger charge is -2.34. The average molecular weight is 283 g/mol. The third-order valence-electron chi connectivity index (χ3n) is 3.42. The predicted octanol–water partition coefficient (Wildman–Crippen LogP) is 2.68. The molecule has 0 spiro atoms. The van der Waals surface area contributed by atoms with Crippen LogP contribution in [0, 0.1) is 16.0 Å². The highest BCUT2D eigenvalue weighted by molar-refractivity contribution is 6.20. The molecule has 0 aromatic heterocycles. The number of amides is 1. The quantitative estimate of drug-likeness (QED) is 0.476. The van der Waals surface area contributed by atoms with Gasteiger partial charge in [0.1, 0.15) is 5.56 Å². The maximum Gasteiger partial charge on any atom is 0.282 e. The second kappa shape index (κ2) is 5.57. The lowest BCUT2D eigenvalue weighted by Crippen LogP contribution is -2.43. The van der Waals surface area contributed by atoms with Crippen molar-refractivity contribution in [1.29, 1.82) is 0 Å². The van der Waals surface area contributed by atoms with Crippen LogP contribution in [0.3, 0.4) is 0 Å². The highest BCUT2D eigenvalue weighted by atomic mass is 35.5. The van der Waals surface area contributed by atoms with Crippen molar-refractivity contribution in [2.24, 2.45) is 5.92 Å². The van der Waals surface area contributed by atoms with Gasteiger partial charge in [-0.15, -0.1) is 11.6 Å². The number of piperidine rings is 1. The normalized spacial score (nSPS) is 23.2. The fourth-order valence-corrected chi connectivity index (χ4v) is 2.46. The number of nitro groups is 1. The van der Waals surface area contributed by atoms with Crippen molar-refractivity contribution in [3.8, 4) is 0 Å². The Labute approximate surface area is 116 Å². The Morgan fingerprint density at radius 3 is 2.79 bits per heavy atom. The number of likely N-dealkylation sites (tertiary alicyclic amines) is 1. The number of nitrogens with zero attached hydrogens (tertiary/aromatic N) is 2. The van der Waals surface area contributed by atoms with Gasteiger partial charge in [0.15, 0.2) is 0 Å². The summed E-state index contributed by atoms with van der Waals surface area (Å²) in [7, 11) is 0. The van der Waals surface area contributed by atoms with Crippen molar-refractivity contribution >= 4 is 23.2 Å². The molecule has 1 aromatic carbocycles. The number of hydrogen-bond acceptors (Lipinski definition) is 3. The second-order valence-electron chi connectivity index (χ2n) is 4.81. The zero-order valence-electron chi connectivity index (χ0n) is 10.6. The Morgan fingerprint density at radius 1 is 1.47 bits per heavy atom. The van der Waals surface area contributed by atoms with Gasteiger partial charge in [-0.1, -0.05) is 19.1 Å². The molecule has 102 valence electrons. The standard InChI is InChI=1S/C13H15ClN2O3/c1-9-8-15(7-6-11(9)14)13(17)10-4-2-3-5-12(10)16(18)19/h2-5,9,11H,6-8H2,1H3. The van der Waals surface area contributed by atoms with E-state index >= 15 is 0 Å². The lowest BCUT2D eigenvalue weighted by atomic mass is 9.98. The average Bonchev–Trinajstić information content (AvgIpc) is 2.41. The van der Waals surface area contributed by atoms with Crippen LogP contribution in [0.15, 0.2) is 24.3 Å². The molecule has 1 heterocycles. The van der Waals surface area contributed by atoms with E-state index in [9.17, 15) is 14.9 Å². The van der Waals surface area contributed by atoms with Crippen LogP contribution < -0.4 is 0 Å². The summed E-state index contributed by atoms with van der Waals surface area (Å²) in [6.45, 7) is 3.07. The summed E-state index contributed by atoms with van der Waals surface area (Å²) in [5, 5.41) is 11.0. The molecule has 0 saturated carbocycles. The van der Waals surface area contributed by atoms with Gasteiger partial charge in [-0.3, -0.25) is 14.9 Å². The summed E-state index contributed by atoms with van der Waals surface area (Å²) in [4.78, 5) is 24.4. The zero-order chi connectivity index (χ0) is 14.0. The second-order valence-corrected chi connectivity index (χ2v) is 5.37. The molecule has 1 aliphatic rings. The van der Waals surface area contributed by atoms with E-state index in [1.165, 1.54) is 12.1 Å². The minimum atomic E-state index is -0.523. The Balaban J connectivity index is 2.23. The Bertz CT molecular complexity index is 506. The van der Waals surface area contributed by atoms with Gasteiger partial charge >= 0.3 is 0 Å². The molecule has 0 bridgehead atoms. The van der Waals surface area contributed by atoms with Crippen LogP contribution >= 0.6 is 11.6 Å². The van der Waals surface area contributed by atoms with Crippen molar-refractivity contribution in [3.05, 3.63) is 39.9 Å². The van der Waals surface area contributed by atoms with Gasteiger partial charge in [-0.05, 0) is 18.4 Å². The van der Waals surface area contributed by atoms with E-state index in [0.717, 1.165) is 6.42 Å². The van der Waals surface area contributed by atoms with Crippen molar-refractivity contribution < 1.29 is 9.72 Å². The van der Waals surface area contributed by atoms with Gasteiger partial charge in [0.05, 0.1) is 4.92 Å². The van der Waals surface area contributed by atoms with Crippen molar-refractivity contribution in [2.45, 2.75) is 18.7 Å². The molecule has 1 aromatic rings. The van der Waals surface area contributed by atoms with Gasteiger partial charge in [0.25, 0.3) is 11.6 Å². The molecule has 1 amide bonds. The first-order valence-corrected chi connectivity index (χ1v) is 6.61. The van der Waals surface area contributed by atoms with E-state index in [0.29, 0.717) is 13.1 Å². The van der Waals surface area contributed by atoms with Gasteiger partial charge < -0.3 is 4.90 Å². The Morgan fingerprint density at radius 2 is 2.16 bits per heavy atom. The molecule has 2 unspecified atom stereocenters. The number of halogens is 1. The van der Waals surface area contributed by atoms with E-state index in [1.807, 2.05) is 6.92 Å².